The van der Waals surface area contributed by atoms with Gasteiger partial charge in [0.15, 0.2) is 0 Å². The fourth-order valence-electron chi connectivity index (χ4n) is 1.95. The number of halogens is 1. The SMILES string of the molecule is O=C(Cc1nc(-c2cnccn2)n[nH]1)NCc1ccccc1Cl. The zero-order chi connectivity index (χ0) is 16.1. The molecule has 3 rings (SSSR count). The average molecular weight is 329 g/mol. The van der Waals surface area contributed by atoms with Crippen molar-refractivity contribution in [3.63, 3.8) is 0 Å². The quantitative estimate of drug-likeness (QED) is 0.744. The fraction of sp³-hybridized carbons (Fsp3) is 0.133. The van der Waals surface area contributed by atoms with E-state index in [1.165, 1.54) is 0 Å². The third-order valence-electron chi connectivity index (χ3n) is 3.09. The van der Waals surface area contributed by atoms with Crippen LogP contribution in [0.3, 0.4) is 0 Å². The Labute approximate surface area is 137 Å². The second-order valence-corrected chi connectivity index (χ2v) is 5.15. The van der Waals surface area contributed by atoms with Crippen LogP contribution in [0.15, 0.2) is 42.9 Å². The summed E-state index contributed by atoms with van der Waals surface area (Å²) in [6.07, 6.45) is 4.78. The molecule has 2 aromatic heterocycles. The van der Waals surface area contributed by atoms with Gasteiger partial charge in [0, 0.05) is 24.0 Å². The summed E-state index contributed by atoms with van der Waals surface area (Å²) in [5.41, 5.74) is 1.41. The van der Waals surface area contributed by atoms with E-state index in [0.29, 0.717) is 28.9 Å². The summed E-state index contributed by atoms with van der Waals surface area (Å²) in [6, 6.07) is 7.36. The molecule has 7 nitrogen and oxygen atoms in total. The van der Waals surface area contributed by atoms with Gasteiger partial charge in [-0.1, -0.05) is 29.8 Å². The molecule has 0 radical (unpaired) electrons. The van der Waals surface area contributed by atoms with E-state index in [-0.39, 0.29) is 12.3 Å². The minimum absolute atomic E-state index is 0.0950. The average Bonchev–Trinajstić information content (AvgIpc) is 3.03. The van der Waals surface area contributed by atoms with Crippen LogP contribution in [0.5, 0.6) is 0 Å². The van der Waals surface area contributed by atoms with Crippen molar-refractivity contribution in [3.8, 4) is 11.5 Å². The third-order valence-corrected chi connectivity index (χ3v) is 3.45. The Morgan fingerprint density at radius 2 is 2.13 bits per heavy atom. The molecular formula is C15H13ClN6O. The first-order valence-corrected chi connectivity index (χ1v) is 7.28. The third kappa shape index (κ3) is 3.89. The van der Waals surface area contributed by atoms with Crippen LogP contribution >= 0.6 is 11.6 Å². The van der Waals surface area contributed by atoms with Crippen molar-refractivity contribution in [3.05, 3.63) is 59.3 Å². The normalized spacial score (nSPS) is 10.5. The molecule has 0 spiro atoms. The summed E-state index contributed by atoms with van der Waals surface area (Å²) in [6.45, 7) is 0.365. The van der Waals surface area contributed by atoms with Gasteiger partial charge in [-0.15, -0.1) is 0 Å². The highest BCUT2D eigenvalue weighted by Crippen LogP contribution is 2.14. The maximum Gasteiger partial charge on any atom is 0.227 e. The molecule has 0 aliphatic heterocycles. The molecular weight excluding hydrogens is 316 g/mol. The summed E-state index contributed by atoms with van der Waals surface area (Å²) in [5.74, 6) is 0.695. The van der Waals surface area contributed by atoms with Crippen LogP contribution in [0.1, 0.15) is 11.4 Å². The van der Waals surface area contributed by atoms with E-state index in [9.17, 15) is 4.79 Å². The predicted octanol–water partition coefficient (Wildman–Crippen LogP) is 1.77. The number of carbonyl (C=O) groups is 1. The molecule has 0 aliphatic rings. The van der Waals surface area contributed by atoms with Crippen LogP contribution in [0.2, 0.25) is 5.02 Å². The Hall–Kier alpha value is -2.80. The number of hydrogen-bond donors (Lipinski definition) is 2. The molecule has 0 atom stereocenters. The number of amides is 1. The van der Waals surface area contributed by atoms with Crippen molar-refractivity contribution < 1.29 is 4.79 Å². The molecule has 0 bridgehead atoms. The summed E-state index contributed by atoms with van der Waals surface area (Å²) in [5, 5.41) is 10.2. The smallest absolute Gasteiger partial charge is 0.227 e. The van der Waals surface area contributed by atoms with E-state index in [4.69, 9.17) is 11.6 Å². The minimum atomic E-state index is -0.174. The van der Waals surface area contributed by atoms with Gasteiger partial charge in [-0.2, -0.15) is 5.10 Å². The molecule has 1 amide bonds. The van der Waals surface area contributed by atoms with Gasteiger partial charge in [0.25, 0.3) is 0 Å². The number of H-pyrrole nitrogens is 1. The molecule has 0 aliphatic carbocycles. The number of nitrogens with one attached hydrogen (secondary N) is 2. The molecule has 23 heavy (non-hydrogen) atoms. The summed E-state index contributed by atoms with van der Waals surface area (Å²) < 4.78 is 0. The highest BCUT2D eigenvalue weighted by Gasteiger charge is 2.11. The molecule has 0 saturated carbocycles. The Morgan fingerprint density at radius 3 is 2.91 bits per heavy atom. The van der Waals surface area contributed by atoms with E-state index in [2.05, 4.69) is 30.5 Å². The van der Waals surface area contributed by atoms with E-state index in [1.54, 1.807) is 24.7 Å². The van der Waals surface area contributed by atoms with Gasteiger partial charge < -0.3 is 5.32 Å². The monoisotopic (exact) mass is 328 g/mol. The standard InChI is InChI=1S/C15H13ClN6O/c16-11-4-2-1-3-10(11)8-19-14(23)7-13-20-15(22-21-13)12-9-17-5-6-18-12/h1-6,9H,7-8H2,(H,19,23)(H,20,21,22). The van der Waals surface area contributed by atoms with Crippen molar-refractivity contribution >= 4 is 17.5 Å². The topological polar surface area (TPSA) is 96.4 Å². The van der Waals surface area contributed by atoms with E-state index >= 15 is 0 Å². The molecule has 8 heteroatoms. The number of carbonyl (C=O) groups excluding carboxylic acids is 1. The summed E-state index contributed by atoms with van der Waals surface area (Å²) >= 11 is 6.05. The lowest BCUT2D eigenvalue weighted by atomic mass is 10.2. The van der Waals surface area contributed by atoms with Gasteiger partial charge >= 0.3 is 0 Å². The summed E-state index contributed by atoms with van der Waals surface area (Å²) in [4.78, 5) is 24.3. The Balaban J connectivity index is 1.58. The molecule has 0 unspecified atom stereocenters. The van der Waals surface area contributed by atoms with Gasteiger partial charge in [-0.05, 0) is 11.6 Å². The highest BCUT2D eigenvalue weighted by molar-refractivity contribution is 6.31. The zero-order valence-corrected chi connectivity index (χ0v) is 12.8. The number of aromatic nitrogens is 5. The first-order chi connectivity index (χ1) is 11.2. The van der Waals surface area contributed by atoms with Crippen LogP contribution < -0.4 is 5.32 Å². The lowest BCUT2D eigenvalue weighted by molar-refractivity contribution is -0.120. The van der Waals surface area contributed by atoms with Gasteiger partial charge in [-0.3, -0.25) is 14.9 Å². The number of aromatic amines is 1. The number of rotatable bonds is 5. The second-order valence-electron chi connectivity index (χ2n) is 4.74. The number of nitrogens with zero attached hydrogens (tertiary/aromatic N) is 4. The van der Waals surface area contributed by atoms with Crippen LogP contribution in [-0.4, -0.2) is 31.1 Å². The van der Waals surface area contributed by atoms with Gasteiger partial charge in [0.2, 0.25) is 11.7 Å². The molecule has 2 N–H and O–H groups in total. The molecule has 0 fully saturated rings. The predicted molar refractivity (Wildman–Crippen MR) is 84.4 cm³/mol. The van der Waals surface area contributed by atoms with E-state index in [0.717, 1.165) is 5.56 Å². The molecule has 3 aromatic rings. The van der Waals surface area contributed by atoms with Crippen LogP contribution in [0, 0.1) is 0 Å². The Bertz CT molecular complexity index is 804. The van der Waals surface area contributed by atoms with Crippen molar-refractivity contribution in [2.75, 3.05) is 0 Å². The van der Waals surface area contributed by atoms with E-state index in [1.807, 2.05) is 18.2 Å². The summed E-state index contributed by atoms with van der Waals surface area (Å²) in [7, 11) is 0. The molecule has 2 heterocycles. The van der Waals surface area contributed by atoms with E-state index < -0.39 is 0 Å². The minimum Gasteiger partial charge on any atom is -0.352 e. The van der Waals surface area contributed by atoms with Crippen LogP contribution in [-0.2, 0) is 17.8 Å². The van der Waals surface area contributed by atoms with Gasteiger partial charge in [-0.25, -0.2) is 9.97 Å². The van der Waals surface area contributed by atoms with Crippen molar-refractivity contribution in [1.82, 2.24) is 30.5 Å². The highest BCUT2D eigenvalue weighted by atomic mass is 35.5. The lowest BCUT2D eigenvalue weighted by Gasteiger charge is -2.05. The molecule has 116 valence electrons. The lowest BCUT2D eigenvalue weighted by Crippen LogP contribution is -2.25. The van der Waals surface area contributed by atoms with Gasteiger partial charge in [0.05, 0.1) is 12.6 Å². The maximum absolute atomic E-state index is 12.0. The number of hydrogen-bond acceptors (Lipinski definition) is 5. The second kappa shape index (κ2) is 6.97. The first kappa shape index (κ1) is 15.1. The van der Waals surface area contributed by atoms with Crippen LogP contribution in [0.25, 0.3) is 11.5 Å². The fourth-order valence-corrected chi connectivity index (χ4v) is 2.16. The Kier molecular flexibility index (Phi) is 4.58. The van der Waals surface area contributed by atoms with Crippen molar-refractivity contribution in [2.45, 2.75) is 13.0 Å². The Morgan fingerprint density at radius 1 is 1.26 bits per heavy atom. The number of benzene rings is 1. The molecule has 0 saturated heterocycles. The zero-order valence-electron chi connectivity index (χ0n) is 12.0. The van der Waals surface area contributed by atoms with Crippen LogP contribution in [0.4, 0.5) is 0 Å². The van der Waals surface area contributed by atoms with Crippen molar-refractivity contribution in [1.29, 1.82) is 0 Å². The van der Waals surface area contributed by atoms with Gasteiger partial charge in [0.1, 0.15) is 11.5 Å². The largest absolute Gasteiger partial charge is 0.352 e. The maximum atomic E-state index is 12.0. The molecule has 1 aromatic carbocycles. The van der Waals surface area contributed by atoms with Crippen molar-refractivity contribution in [2.24, 2.45) is 0 Å². The first-order valence-electron chi connectivity index (χ1n) is 6.90.